The molecule has 0 spiro atoms. The number of benzene rings is 1. The Kier molecular flexibility index (Phi) is 2.88. The standard InChI is InChI=1S/C16H16ClN3/c17-15-14-13(11-8-4-5-9-12(11)18-15)19-16(20-14)10-6-2-1-3-7-10/h4-5,8-10H,1-3,6-7H2,(H,19,20). The molecule has 0 aliphatic heterocycles. The van der Waals surface area contributed by atoms with Crippen LogP contribution in [0.15, 0.2) is 24.3 Å². The van der Waals surface area contributed by atoms with Crippen LogP contribution in [0, 0.1) is 0 Å². The van der Waals surface area contributed by atoms with E-state index in [1.165, 1.54) is 32.1 Å². The van der Waals surface area contributed by atoms with Crippen molar-refractivity contribution in [1.82, 2.24) is 15.0 Å². The monoisotopic (exact) mass is 285 g/mol. The van der Waals surface area contributed by atoms with Crippen molar-refractivity contribution in [2.75, 3.05) is 0 Å². The molecule has 4 heteroatoms. The van der Waals surface area contributed by atoms with Gasteiger partial charge < -0.3 is 4.98 Å². The van der Waals surface area contributed by atoms with Crippen LogP contribution in [0.4, 0.5) is 0 Å². The number of nitrogens with zero attached hydrogens (tertiary/aromatic N) is 2. The minimum absolute atomic E-state index is 0.522. The van der Waals surface area contributed by atoms with Gasteiger partial charge in [0.15, 0.2) is 5.15 Å². The second-order valence-electron chi connectivity index (χ2n) is 5.60. The number of fused-ring (bicyclic) bond motifs is 3. The summed E-state index contributed by atoms with van der Waals surface area (Å²) in [6.07, 6.45) is 6.40. The van der Waals surface area contributed by atoms with Crippen LogP contribution in [0.5, 0.6) is 0 Å². The quantitative estimate of drug-likeness (QED) is 0.652. The zero-order valence-corrected chi connectivity index (χ0v) is 12.0. The molecule has 1 N–H and O–H groups in total. The minimum Gasteiger partial charge on any atom is -0.339 e. The van der Waals surface area contributed by atoms with E-state index in [2.05, 4.69) is 16.0 Å². The van der Waals surface area contributed by atoms with E-state index in [1.807, 2.05) is 18.2 Å². The van der Waals surface area contributed by atoms with Crippen LogP contribution < -0.4 is 0 Å². The fourth-order valence-electron chi connectivity index (χ4n) is 3.24. The van der Waals surface area contributed by atoms with Crippen molar-refractivity contribution in [3.05, 3.63) is 35.2 Å². The van der Waals surface area contributed by atoms with Crippen LogP contribution >= 0.6 is 11.6 Å². The van der Waals surface area contributed by atoms with Crippen molar-refractivity contribution in [3.8, 4) is 0 Å². The van der Waals surface area contributed by atoms with E-state index in [0.29, 0.717) is 11.1 Å². The number of nitrogens with one attached hydrogen (secondary N) is 1. The minimum atomic E-state index is 0.522. The summed E-state index contributed by atoms with van der Waals surface area (Å²) < 4.78 is 0. The third kappa shape index (κ3) is 1.88. The molecule has 1 aliphatic rings. The molecule has 1 aromatic carbocycles. The maximum Gasteiger partial charge on any atom is 0.155 e. The van der Waals surface area contributed by atoms with Crippen LogP contribution in [0.2, 0.25) is 5.15 Å². The van der Waals surface area contributed by atoms with Crippen LogP contribution in [0.1, 0.15) is 43.8 Å². The number of pyridine rings is 1. The van der Waals surface area contributed by atoms with Crippen LogP contribution in [0.3, 0.4) is 0 Å². The van der Waals surface area contributed by atoms with Crippen molar-refractivity contribution in [2.24, 2.45) is 0 Å². The van der Waals surface area contributed by atoms with Gasteiger partial charge in [-0.2, -0.15) is 0 Å². The zero-order valence-electron chi connectivity index (χ0n) is 11.2. The number of para-hydroxylation sites is 1. The molecule has 3 aromatic rings. The van der Waals surface area contributed by atoms with Gasteiger partial charge in [0, 0.05) is 11.3 Å². The molecule has 102 valence electrons. The lowest BCUT2D eigenvalue weighted by Gasteiger charge is -2.18. The lowest BCUT2D eigenvalue weighted by atomic mass is 9.89. The summed E-state index contributed by atoms with van der Waals surface area (Å²) in [6, 6.07) is 8.04. The van der Waals surface area contributed by atoms with Gasteiger partial charge in [0.05, 0.1) is 5.52 Å². The number of halogens is 1. The summed E-state index contributed by atoms with van der Waals surface area (Å²) in [6.45, 7) is 0. The maximum absolute atomic E-state index is 6.31. The molecule has 3 nitrogen and oxygen atoms in total. The first kappa shape index (κ1) is 12.2. The second-order valence-corrected chi connectivity index (χ2v) is 5.96. The Labute approximate surface area is 122 Å². The number of H-pyrrole nitrogens is 1. The first-order valence-electron chi connectivity index (χ1n) is 7.27. The molecule has 1 saturated carbocycles. The molecule has 0 atom stereocenters. The Morgan fingerprint density at radius 1 is 1.05 bits per heavy atom. The van der Waals surface area contributed by atoms with Gasteiger partial charge in [0.2, 0.25) is 0 Å². The predicted octanol–water partition coefficient (Wildman–Crippen LogP) is 4.81. The third-order valence-corrected chi connectivity index (χ3v) is 4.57. The molecule has 0 bridgehead atoms. The average molecular weight is 286 g/mol. The van der Waals surface area contributed by atoms with Crippen molar-refractivity contribution in [2.45, 2.75) is 38.0 Å². The van der Waals surface area contributed by atoms with Crippen molar-refractivity contribution >= 4 is 33.5 Å². The van der Waals surface area contributed by atoms with Gasteiger partial charge in [0.25, 0.3) is 0 Å². The normalized spacial score (nSPS) is 17.1. The molecular formula is C16H16ClN3. The van der Waals surface area contributed by atoms with E-state index in [9.17, 15) is 0 Å². The fourth-order valence-corrected chi connectivity index (χ4v) is 3.47. The van der Waals surface area contributed by atoms with Crippen molar-refractivity contribution < 1.29 is 0 Å². The second kappa shape index (κ2) is 4.74. The van der Waals surface area contributed by atoms with Gasteiger partial charge in [-0.1, -0.05) is 49.1 Å². The molecule has 1 fully saturated rings. The summed E-state index contributed by atoms with van der Waals surface area (Å²) in [5.74, 6) is 1.63. The molecule has 0 unspecified atom stereocenters. The molecule has 20 heavy (non-hydrogen) atoms. The third-order valence-electron chi connectivity index (χ3n) is 4.30. The fraction of sp³-hybridized carbons (Fsp3) is 0.375. The number of hydrogen-bond acceptors (Lipinski definition) is 2. The van der Waals surface area contributed by atoms with Gasteiger partial charge in [-0.3, -0.25) is 0 Å². The van der Waals surface area contributed by atoms with Crippen LogP contribution in [-0.4, -0.2) is 15.0 Å². The number of rotatable bonds is 1. The lowest BCUT2D eigenvalue weighted by molar-refractivity contribution is 0.431. The lowest BCUT2D eigenvalue weighted by Crippen LogP contribution is -2.05. The van der Waals surface area contributed by atoms with E-state index in [0.717, 1.165) is 27.8 Å². The summed E-state index contributed by atoms with van der Waals surface area (Å²) in [7, 11) is 0. The molecule has 2 heterocycles. The molecular weight excluding hydrogens is 270 g/mol. The van der Waals surface area contributed by atoms with E-state index < -0.39 is 0 Å². The summed E-state index contributed by atoms with van der Waals surface area (Å²) in [4.78, 5) is 12.7. The summed E-state index contributed by atoms with van der Waals surface area (Å²) in [5, 5.41) is 1.60. The number of imidazole rings is 1. The number of aromatic nitrogens is 3. The highest BCUT2D eigenvalue weighted by Gasteiger charge is 2.20. The van der Waals surface area contributed by atoms with Gasteiger partial charge in [-0.15, -0.1) is 0 Å². The van der Waals surface area contributed by atoms with E-state index in [4.69, 9.17) is 16.6 Å². The Hall–Kier alpha value is -1.61. The number of hydrogen-bond donors (Lipinski definition) is 1. The predicted molar refractivity (Wildman–Crippen MR) is 82.2 cm³/mol. The van der Waals surface area contributed by atoms with Gasteiger partial charge >= 0.3 is 0 Å². The van der Waals surface area contributed by atoms with E-state index >= 15 is 0 Å². The molecule has 2 aromatic heterocycles. The zero-order chi connectivity index (χ0) is 13.5. The van der Waals surface area contributed by atoms with Crippen LogP contribution in [-0.2, 0) is 0 Å². The van der Waals surface area contributed by atoms with Crippen molar-refractivity contribution in [3.63, 3.8) is 0 Å². The van der Waals surface area contributed by atoms with Crippen LogP contribution in [0.25, 0.3) is 21.9 Å². The summed E-state index contributed by atoms with van der Waals surface area (Å²) in [5.41, 5.74) is 2.75. The highest BCUT2D eigenvalue weighted by atomic mass is 35.5. The molecule has 0 saturated heterocycles. The maximum atomic E-state index is 6.31. The summed E-state index contributed by atoms with van der Waals surface area (Å²) >= 11 is 6.31. The first-order chi connectivity index (χ1) is 9.83. The molecule has 4 rings (SSSR count). The first-order valence-corrected chi connectivity index (χ1v) is 7.64. The Balaban J connectivity index is 1.93. The van der Waals surface area contributed by atoms with Gasteiger partial charge in [-0.05, 0) is 18.9 Å². The molecule has 0 amide bonds. The van der Waals surface area contributed by atoms with E-state index in [-0.39, 0.29) is 0 Å². The Morgan fingerprint density at radius 3 is 2.70 bits per heavy atom. The highest BCUT2D eigenvalue weighted by molar-refractivity contribution is 6.35. The van der Waals surface area contributed by atoms with Gasteiger partial charge in [-0.25, -0.2) is 9.97 Å². The Bertz CT molecular complexity index is 772. The average Bonchev–Trinajstić information content (AvgIpc) is 2.94. The largest absolute Gasteiger partial charge is 0.339 e. The van der Waals surface area contributed by atoms with Crippen molar-refractivity contribution in [1.29, 1.82) is 0 Å². The number of aromatic amines is 1. The Morgan fingerprint density at radius 2 is 1.85 bits per heavy atom. The highest BCUT2D eigenvalue weighted by Crippen LogP contribution is 2.34. The van der Waals surface area contributed by atoms with Gasteiger partial charge in [0.1, 0.15) is 16.9 Å². The van der Waals surface area contributed by atoms with E-state index in [1.54, 1.807) is 0 Å². The molecule has 1 aliphatic carbocycles. The SMILES string of the molecule is Clc1nc2ccccc2c2nc(C3CCCCC3)[nH]c12. The topological polar surface area (TPSA) is 41.6 Å². The smallest absolute Gasteiger partial charge is 0.155 e. The molecule has 0 radical (unpaired) electrons.